The van der Waals surface area contributed by atoms with Crippen molar-refractivity contribution < 1.29 is 29.4 Å². The van der Waals surface area contributed by atoms with Crippen molar-refractivity contribution in [2.75, 3.05) is 14.2 Å². The van der Waals surface area contributed by atoms with Crippen molar-refractivity contribution in [3.63, 3.8) is 0 Å². The Morgan fingerprint density at radius 2 is 1.79 bits per heavy atom. The molecule has 9 heteroatoms. The number of hydrogen-bond acceptors (Lipinski definition) is 9. The zero-order valence-corrected chi connectivity index (χ0v) is 18.8. The van der Waals surface area contributed by atoms with Crippen LogP contribution in [0.3, 0.4) is 0 Å². The number of pyridine rings is 1. The maximum Gasteiger partial charge on any atom is 0.357 e. The lowest BCUT2D eigenvalue weighted by Gasteiger charge is -2.25. The molecule has 0 amide bonds. The largest absolute Gasteiger partial charge is 0.496 e. The number of oxime groups is 2. The Morgan fingerprint density at radius 1 is 1.09 bits per heavy atom. The third-order valence-electron chi connectivity index (χ3n) is 5.03. The monoisotopic (exact) mass is 451 g/mol. The number of nitrogens with zero attached hydrogens (tertiary/aromatic N) is 3. The molecule has 2 N–H and O–H groups in total. The van der Waals surface area contributed by atoms with Crippen molar-refractivity contribution in [1.82, 2.24) is 4.98 Å². The predicted molar refractivity (Wildman–Crippen MR) is 122 cm³/mol. The maximum atomic E-state index is 12.8. The van der Waals surface area contributed by atoms with Crippen LogP contribution >= 0.6 is 0 Å². The number of allylic oxidation sites excluding steroid dienone is 3. The van der Waals surface area contributed by atoms with Crippen molar-refractivity contribution in [2.45, 2.75) is 26.4 Å². The van der Waals surface area contributed by atoms with Gasteiger partial charge in [0.1, 0.15) is 34.7 Å². The molecular weight excluding hydrogens is 426 g/mol. The summed E-state index contributed by atoms with van der Waals surface area (Å²) in [5, 5.41) is 25.8. The number of carbonyl (C=O) groups excluding carboxylic acids is 1. The van der Waals surface area contributed by atoms with Crippen LogP contribution in [0.15, 0.2) is 64.6 Å². The minimum Gasteiger partial charge on any atom is -0.496 e. The van der Waals surface area contributed by atoms with Gasteiger partial charge in [-0.25, -0.2) is 9.78 Å². The van der Waals surface area contributed by atoms with Gasteiger partial charge in [0.2, 0.25) is 0 Å². The fraction of sp³-hybridized carbons (Fsp3) is 0.250. The van der Waals surface area contributed by atoms with Crippen LogP contribution in [0.2, 0.25) is 0 Å². The molecule has 1 aromatic carbocycles. The number of ether oxygens (including phenoxy) is 3. The zero-order valence-electron chi connectivity index (χ0n) is 18.8. The smallest absolute Gasteiger partial charge is 0.357 e. The first-order chi connectivity index (χ1) is 15.9. The van der Waals surface area contributed by atoms with E-state index in [1.54, 1.807) is 24.3 Å². The highest BCUT2D eigenvalue weighted by Crippen LogP contribution is 2.42. The number of esters is 1. The van der Waals surface area contributed by atoms with E-state index in [2.05, 4.69) is 15.3 Å². The van der Waals surface area contributed by atoms with Crippen LogP contribution < -0.4 is 9.47 Å². The minimum atomic E-state index is -0.774. The van der Waals surface area contributed by atoms with Crippen molar-refractivity contribution in [1.29, 1.82) is 0 Å². The molecule has 0 bridgehead atoms. The molecule has 33 heavy (non-hydrogen) atoms. The van der Waals surface area contributed by atoms with Crippen LogP contribution in [-0.2, 0) is 4.74 Å². The quantitative estimate of drug-likeness (QED) is 0.279. The van der Waals surface area contributed by atoms with Gasteiger partial charge < -0.3 is 24.6 Å². The molecule has 1 aliphatic rings. The van der Waals surface area contributed by atoms with E-state index in [0.29, 0.717) is 34.6 Å². The van der Waals surface area contributed by atoms with Crippen molar-refractivity contribution >= 4 is 17.4 Å². The van der Waals surface area contributed by atoms with Crippen LogP contribution in [0, 0.1) is 0 Å². The highest BCUT2D eigenvalue weighted by molar-refractivity contribution is 6.27. The third kappa shape index (κ3) is 4.87. The molecule has 0 saturated heterocycles. The fourth-order valence-corrected chi connectivity index (χ4v) is 3.52. The summed E-state index contributed by atoms with van der Waals surface area (Å²) in [4.78, 5) is 16.9. The molecule has 1 aliphatic carbocycles. The molecule has 9 nitrogen and oxygen atoms in total. The Kier molecular flexibility index (Phi) is 7.45. The van der Waals surface area contributed by atoms with Crippen molar-refractivity contribution in [2.24, 2.45) is 10.3 Å². The maximum absolute atomic E-state index is 12.8. The van der Waals surface area contributed by atoms with E-state index in [1.807, 2.05) is 19.9 Å². The van der Waals surface area contributed by atoms with Gasteiger partial charge in [-0.1, -0.05) is 28.0 Å². The Hall–Kier alpha value is -4.14. The zero-order chi connectivity index (χ0) is 24.0. The van der Waals surface area contributed by atoms with E-state index in [4.69, 9.17) is 14.2 Å². The van der Waals surface area contributed by atoms with E-state index in [9.17, 15) is 15.2 Å². The van der Waals surface area contributed by atoms with Crippen LogP contribution in [0.1, 0.15) is 53.6 Å². The molecule has 0 unspecified atom stereocenters. The Bertz CT molecular complexity index is 1150. The van der Waals surface area contributed by atoms with Crippen LogP contribution in [0.25, 0.3) is 0 Å². The Balaban J connectivity index is 2.21. The second kappa shape index (κ2) is 10.4. The van der Waals surface area contributed by atoms with Crippen LogP contribution in [0.5, 0.6) is 11.5 Å². The molecular formula is C24H25N3O6. The predicted octanol–water partition coefficient (Wildman–Crippen LogP) is 4.28. The number of rotatable bonds is 7. The normalized spacial score (nSPS) is 15.6. The molecule has 1 aromatic heterocycles. The molecule has 172 valence electrons. The van der Waals surface area contributed by atoms with Gasteiger partial charge in [-0.2, -0.15) is 0 Å². The van der Waals surface area contributed by atoms with E-state index in [0.717, 1.165) is 5.57 Å². The van der Waals surface area contributed by atoms with Gasteiger partial charge in [0.05, 0.1) is 25.3 Å². The number of hydrogen-bond donors (Lipinski definition) is 2. The van der Waals surface area contributed by atoms with E-state index >= 15 is 0 Å². The molecule has 0 saturated carbocycles. The molecule has 3 rings (SSSR count). The van der Waals surface area contributed by atoms with Gasteiger partial charge in [0.15, 0.2) is 0 Å². The standard InChI is InChI=1S/C24H25N3O6/c1-14(2)8-11-19(33-24(28)18-7-5-6-12-25-18)15-13-20(31-3)21-16(26-29)9-10-17(27-30)22(21)23(15)32-4/h5-10,12-13,19,29-30H,11H2,1-4H3/t19-/m0/s1. The first kappa shape index (κ1) is 23.5. The number of aromatic nitrogens is 1. The first-order valence-electron chi connectivity index (χ1n) is 10.1. The van der Waals surface area contributed by atoms with Crippen LogP contribution in [0.4, 0.5) is 0 Å². The summed E-state index contributed by atoms with van der Waals surface area (Å²) in [5.74, 6) is 0.0234. The summed E-state index contributed by atoms with van der Waals surface area (Å²) in [6.45, 7) is 3.88. The van der Waals surface area contributed by atoms with Crippen molar-refractivity contribution in [3.8, 4) is 11.5 Å². The molecule has 1 heterocycles. The summed E-state index contributed by atoms with van der Waals surface area (Å²) < 4.78 is 17.1. The van der Waals surface area contributed by atoms with E-state index in [1.165, 1.54) is 32.6 Å². The SMILES string of the molecule is COc1cc([C@H](CC=C(C)C)OC(=O)c2ccccn2)c(OC)c2c1C(=NO)C=CC2=NO. The average Bonchev–Trinajstić information content (AvgIpc) is 2.84. The summed E-state index contributed by atoms with van der Waals surface area (Å²) in [5.41, 5.74) is 2.79. The van der Waals surface area contributed by atoms with Gasteiger partial charge >= 0.3 is 5.97 Å². The topological polar surface area (TPSA) is 123 Å². The summed E-state index contributed by atoms with van der Waals surface area (Å²) in [7, 11) is 2.91. The highest BCUT2D eigenvalue weighted by Gasteiger charge is 2.32. The Labute approximate surface area is 191 Å². The lowest BCUT2D eigenvalue weighted by atomic mass is 9.88. The number of benzene rings is 1. The average molecular weight is 451 g/mol. The van der Waals surface area contributed by atoms with Gasteiger partial charge in [0.25, 0.3) is 0 Å². The van der Waals surface area contributed by atoms with Crippen LogP contribution in [-0.4, -0.2) is 47.0 Å². The molecule has 0 fully saturated rings. The highest BCUT2D eigenvalue weighted by atomic mass is 16.5. The first-order valence-corrected chi connectivity index (χ1v) is 10.1. The molecule has 2 aromatic rings. The summed E-state index contributed by atoms with van der Waals surface area (Å²) >= 11 is 0. The third-order valence-corrected chi connectivity index (χ3v) is 5.03. The van der Waals surface area contributed by atoms with Gasteiger partial charge in [-0.3, -0.25) is 0 Å². The Morgan fingerprint density at radius 3 is 2.33 bits per heavy atom. The minimum absolute atomic E-state index is 0.166. The number of fused-ring (bicyclic) bond motifs is 1. The second-order valence-electron chi connectivity index (χ2n) is 7.38. The molecule has 0 spiro atoms. The lowest BCUT2D eigenvalue weighted by Crippen LogP contribution is -2.20. The summed E-state index contributed by atoms with van der Waals surface area (Å²) in [6.07, 6.45) is 5.99. The lowest BCUT2D eigenvalue weighted by molar-refractivity contribution is 0.0290. The fourth-order valence-electron chi connectivity index (χ4n) is 3.52. The summed E-state index contributed by atoms with van der Waals surface area (Å²) in [6, 6.07) is 6.63. The van der Waals surface area contributed by atoms with Crippen molar-refractivity contribution in [3.05, 3.63) is 76.6 Å². The van der Waals surface area contributed by atoms with E-state index in [-0.39, 0.29) is 17.1 Å². The van der Waals surface area contributed by atoms with Gasteiger partial charge in [-0.15, -0.1) is 0 Å². The number of methoxy groups -OCH3 is 2. The van der Waals surface area contributed by atoms with Gasteiger partial charge in [-0.05, 0) is 44.2 Å². The number of carbonyl (C=O) groups is 1. The molecule has 0 radical (unpaired) electrons. The molecule has 1 atom stereocenters. The van der Waals surface area contributed by atoms with E-state index < -0.39 is 12.1 Å². The second-order valence-corrected chi connectivity index (χ2v) is 7.38. The van der Waals surface area contributed by atoms with Gasteiger partial charge in [0, 0.05) is 18.2 Å². The molecule has 0 aliphatic heterocycles.